The van der Waals surface area contributed by atoms with Gasteiger partial charge < -0.3 is 15.8 Å². The van der Waals surface area contributed by atoms with Gasteiger partial charge in [0.2, 0.25) is 0 Å². The van der Waals surface area contributed by atoms with Crippen LogP contribution in [0.1, 0.15) is 6.92 Å². The van der Waals surface area contributed by atoms with Crippen molar-refractivity contribution in [3.8, 4) is 5.75 Å². The van der Waals surface area contributed by atoms with Crippen molar-refractivity contribution in [1.29, 1.82) is 0 Å². The second-order valence-corrected chi connectivity index (χ2v) is 2.78. The summed E-state index contributed by atoms with van der Waals surface area (Å²) in [6, 6.07) is 7.08. The summed E-state index contributed by atoms with van der Waals surface area (Å²) in [5.41, 5.74) is 6.16. The van der Waals surface area contributed by atoms with Crippen LogP contribution >= 0.6 is 0 Å². The Hall–Kier alpha value is -1.71. The second kappa shape index (κ2) is 5.11. The molecule has 4 heteroatoms. The Balaban J connectivity index is 2.46. The van der Waals surface area contributed by atoms with Gasteiger partial charge in [0.05, 0.1) is 5.69 Å². The molecule has 3 N–H and O–H groups in total. The number of hydrogen-bond donors (Lipinski definition) is 2. The van der Waals surface area contributed by atoms with Gasteiger partial charge >= 0.3 is 0 Å². The molecular weight excluding hydrogens is 180 g/mol. The number of nitrogen functional groups attached to an aromatic ring is 1. The molecule has 1 amide bonds. The van der Waals surface area contributed by atoms with E-state index in [1.807, 2.05) is 19.1 Å². The summed E-state index contributed by atoms with van der Waals surface area (Å²) < 4.78 is 5.21. The molecule has 0 aliphatic rings. The van der Waals surface area contributed by atoms with E-state index >= 15 is 0 Å². The lowest BCUT2D eigenvalue weighted by Crippen LogP contribution is -2.28. The first-order chi connectivity index (χ1) is 6.74. The molecular formula is C10H14N2O2. The third-order valence-electron chi connectivity index (χ3n) is 1.65. The van der Waals surface area contributed by atoms with Gasteiger partial charge in [-0.3, -0.25) is 4.79 Å². The molecule has 0 aliphatic heterocycles. The maximum Gasteiger partial charge on any atom is 0.257 e. The minimum absolute atomic E-state index is 0.00204. The number of likely N-dealkylation sites (N-methyl/N-ethyl adjacent to an activating group) is 1. The third kappa shape index (κ3) is 2.97. The van der Waals surface area contributed by atoms with Crippen molar-refractivity contribution in [2.75, 3.05) is 18.9 Å². The molecule has 0 saturated heterocycles. The molecule has 1 aromatic rings. The Kier molecular flexibility index (Phi) is 3.79. The molecule has 0 spiro atoms. The molecule has 76 valence electrons. The van der Waals surface area contributed by atoms with E-state index in [4.69, 9.17) is 10.5 Å². The summed E-state index contributed by atoms with van der Waals surface area (Å²) >= 11 is 0. The van der Waals surface area contributed by atoms with Crippen LogP contribution in [0.3, 0.4) is 0 Å². The minimum Gasteiger partial charge on any atom is -0.482 e. The Morgan fingerprint density at radius 3 is 2.86 bits per heavy atom. The fraction of sp³-hybridized carbons (Fsp3) is 0.300. The summed E-state index contributed by atoms with van der Waals surface area (Å²) in [6.45, 7) is 2.46. The van der Waals surface area contributed by atoms with Crippen molar-refractivity contribution >= 4 is 11.6 Å². The van der Waals surface area contributed by atoms with Crippen molar-refractivity contribution in [2.45, 2.75) is 6.92 Å². The lowest BCUT2D eigenvalue weighted by atomic mass is 10.3. The number of nitrogens with one attached hydrogen (secondary N) is 1. The summed E-state index contributed by atoms with van der Waals surface area (Å²) in [4.78, 5) is 11.1. The number of amides is 1. The molecule has 14 heavy (non-hydrogen) atoms. The fourth-order valence-electron chi connectivity index (χ4n) is 1.00. The highest BCUT2D eigenvalue weighted by atomic mass is 16.5. The Labute approximate surface area is 83.1 Å². The quantitative estimate of drug-likeness (QED) is 0.696. The summed E-state index contributed by atoms with van der Waals surface area (Å²) in [7, 11) is 0. The molecule has 0 aromatic heterocycles. The summed E-state index contributed by atoms with van der Waals surface area (Å²) in [5, 5.41) is 2.63. The van der Waals surface area contributed by atoms with Crippen molar-refractivity contribution in [3.05, 3.63) is 24.3 Å². The standard InChI is InChI=1S/C10H14N2O2/c1-2-12-10(13)7-14-9-6-4-3-5-8(9)11/h3-6H,2,7,11H2,1H3,(H,12,13). The second-order valence-electron chi connectivity index (χ2n) is 2.78. The number of ether oxygens (including phenoxy) is 1. The number of para-hydroxylation sites is 2. The molecule has 0 aliphatic carbocycles. The molecule has 0 saturated carbocycles. The van der Waals surface area contributed by atoms with Gasteiger partial charge in [0, 0.05) is 6.54 Å². The summed E-state index contributed by atoms with van der Waals surface area (Å²) in [6.07, 6.45) is 0. The largest absolute Gasteiger partial charge is 0.482 e. The first-order valence-corrected chi connectivity index (χ1v) is 4.48. The number of carbonyl (C=O) groups excluding carboxylic acids is 1. The normalized spacial score (nSPS) is 9.50. The number of carbonyl (C=O) groups is 1. The van der Waals surface area contributed by atoms with Crippen LogP contribution in [0.5, 0.6) is 5.75 Å². The molecule has 0 radical (unpaired) electrons. The zero-order valence-electron chi connectivity index (χ0n) is 8.12. The van der Waals surface area contributed by atoms with Gasteiger partial charge in [0.1, 0.15) is 5.75 Å². The molecule has 0 heterocycles. The SMILES string of the molecule is CCNC(=O)COc1ccccc1N. The highest BCUT2D eigenvalue weighted by Gasteiger charge is 2.02. The van der Waals surface area contributed by atoms with Crippen LogP contribution in [0.25, 0.3) is 0 Å². The average molecular weight is 194 g/mol. The van der Waals surface area contributed by atoms with E-state index in [1.54, 1.807) is 12.1 Å². The van der Waals surface area contributed by atoms with Crippen molar-refractivity contribution in [2.24, 2.45) is 0 Å². The van der Waals surface area contributed by atoms with Crippen LogP contribution in [0.2, 0.25) is 0 Å². The first kappa shape index (κ1) is 10.4. The van der Waals surface area contributed by atoms with Crippen LogP contribution in [-0.4, -0.2) is 19.1 Å². The van der Waals surface area contributed by atoms with E-state index in [0.29, 0.717) is 18.0 Å². The Morgan fingerprint density at radius 1 is 1.50 bits per heavy atom. The highest BCUT2D eigenvalue weighted by Crippen LogP contribution is 2.19. The van der Waals surface area contributed by atoms with Gasteiger partial charge in [-0.05, 0) is 19.1 Å². The average Bonchev–Trinajstić information content (AvgIpc) is 2.17. The monoisotopic (exact) mass is 194 g/mol. The Morgan fingerprint density at radius 2 is 2.21 bits per heavy atom. The molecule has 4 nitrogen and oxygen atoms in total. The van der Waals surface area contributed by atoms with Gasteiger partial charge in [-0.25, -0.2) is 0 Å². The number of rotatable bonds is 4. The van der Waals surface area contributed by atoms with E-state index < -0.39 is 0 Å². The van der Waals surface area contributed by atoms with E-state index in [-0.39, 0.29) is 12.5 Å². The summed E-state index contributed by atoms with van der Waals surface area (Å²) in [5.74, 6) is 0.398. The Bertz CT molecular complexity index is 313. The van der Waals surface area contributed by atoms with E-state index in [9.17, 15) is 4.79 Å². The van der Waals surface area contributed by atoms with Crippen molar-refractivity contribution in [3.63, 3.8) is 0 Å². The van der Waals surface area contributed by atoms with Crippen molar-refractivity contribution < 1.29 is 9.53 Å². The van der Waals surface area contributed by atoms with E-state index in [0.717, 1.165) is 0 Å². The smallest absolute Gasteiger partial charge is 0.257 e. The van der Waals surface area contributed by atoms with Gasteiger partial charge in [-0.15, -0.1) is 0 Å². The molecule has 1 rings (SSSR count). The van der Waals surface area contributed by atoms with Crippen LogP contribution in [0.15, 0.2) is 24.3 Å². The van der Waals surface area contributed by atoms with Crippen molar-refractivity contribution in [1.82, 2.24) is 5.32 Å². The fourth-order valence-corrected chi connectivity index (χ4v) is 1.00. The molecule has 0 atom stereocenters. The molecule has 0 unspecified atom stereocenters. The molecule has 1 aromatic carbocycles. The van der Waals surface area contributed by atoms with E-state index in [1.165, 1.54) is 0 Å². The number of hydrogen-bond acceptors (Lipinski definition) is 3. The maximum atomic E-state index is 11.1. The van der Waals surface area contributed by atoms with Crippen LogP contribution in [-0.2, 0) is 4.79 Å². The predicted octanol–water partition coefficient (Wildman–Crippen LogP) is 0.784. The van der Waals surface area contributed by atoms with Gasteiger partial charge in [0.15, 0.2) is 6.61 Å². The van der Waals surface area contributed by atoms with Gasteiger partial charge in [0.25, 0.3) is 5.91 Å². The molecule has 0 bridgehead atoms. The predicted molar refractivity (Wildman–Crippen MR) is 55.0 cm³/mol. The molecule has 0 fully saturated rings. The first-order valence-electron chi connectivity index (χ1n) is 4.48. The lowest BCUT2D eigenvalue weighted by molar-refractivity contribution is -0.122. The number of benzene rings is 1. The van der Waals surface area contributed by atoms with Crippen LogP contribution in [0.4, 0.5) is 5.69 Å². The minimum atomic E-state index is -0.143. The third-order valence-corrected chi connectivity index (χ3v) is 1.65. The number of anilines is 1. The van der Waals surface area contributed by atoms with Crippen LogP contribution < -0.4 is 15.8 Å². The lowest BCUT2D eigenvalue weighted by Gasteiger charge is -2.07. The zero-order valence-corrected chi connectivity index (χ0v) is 8.12. The topological polar surface area (TPSA) is 64.3 Å². The van der Waals surface area contributed by atoms with E-state index in [2.05, 4.69) is 5.32 Å². The van der Waals surface area contributed by atoms with Gasteiger partial charge in [-0.1, -0.05) is 12.1 Å². The van der Waals surface area contributed by atoms with Crippen LogP contribution in [0, 0.1) is 0 Å². The maximum absolute atomic E-state index is 11.1. The number of nitrogens with two attached hydrogens (primary N) is 1. The zero-order chi connectivity index (χ0) is 10.4. The van der Waals surface area contributed by atoms with Gasteiger partial charge in [-0.2, -0.15) is 0 Å². The highest BCUT2D eigenvalue weighted by molar-refractivity contribution is 5.77.